The van der Waals surface area contributed by atoms with E-state index in [1.807, 2.05) is 44.2 Å². The van der Waals surface area contributed by atoms with E-state index < -0.39 is 0 Å². The van der Waals surface area contributed by atoms with Crippen LogP contribution in [0.25, 0.3) is 0 Å². The molecule has 0 atom stereocenters. The van der Waals surface area contributed by atoms with E-state index in [9.17, 15) is 0 Å². The van der Waals surface area contributed by atoms with Crippen LogP contribution in [0.15, 0.2) is 77.6 Å². The zero-order valence-corrected chi connectivity index (χ0v) is 12.8. The van der Waals surface area contributed by atoms with E-state index >= 15 is 0 Å². The van der Waals surface area contributed by atoms with Gasteiger partial charge in [-0.1, -0.05) is 43.0 Å². The number of hydrogen-bond acceptors (Lipinski definition) is 3. The number of nitrogens with zero attached hydrogens (tertiary/aromatic N) is 1. The summed E-state index contributed by atoms with van der Waals surface area (Å²) in [5, 5.41) is 3.29. The molecule has 0 aliphatic carbocycles. The lowest BCUT2D eigenvalue weighted by atomic mass is 10.2. The van der Waals surface area contributed by atoms with Crippen LogP contribution in [-0.4, -0.2) is 12.8 Å². The predicted molar refractivity (Wildman–Crippen MR) is 93.6 cm³/mol. The average Bonchev–Trinajstić information content (AvgIpc) is 2.47. The van der Waals surface area contributed by atoms with Gasteiger partial charge in [0.1, 0.15) is 0 Å². The number of benzene rings is 1. The first-order valence-electron chi connectivity index (χ1n) is 6.84. The fraction of sp³-hybridized carbons (Fsp3) is 0.167. The minimum absolute atomic E-state index is 0.600. The minimum Gasteiger partial charge on any atom is -0.397 e. The Morgan fingerprint density at radius 1 is 1.33 bits per heavy atom. The van der Waals surface area contributed by atoms with Gasteiger partial charge in [0.2, 0.25) is 0 Å². The molecule has 3 N–H and O–H groups in total. The van der Waals surface area contributed by atoms with Gasteiger partial charge in [-0.3, -0.25) is 4.99 Å². The van der Waals surface area contributed by atoms with Crippen LogP contribution in [0.2, 0.25) is 0 Å². The molecule has 0 spiro atoms. The van der Waals surface area contributed by atoms with Crippen LogP contribution in [0.3, 0.4) is 0 Å². The third-order valence-corrected chi connectivity index (χ3v) is 2.72. The molecular formula is C18H23N3. The van der Waals surface area contributed by atoms with E-state index in [4.69, 9.17) is 5.73 Å². The van der Waals surface area contributed by atoms with Gasteiger partial charge in [-0.2, -0.15) is 0 Å². The standard InChI is InChI=1S/C18H23N3/c1-5-7-17(19)18(6-2)21-13-15-8-10-16(11-9-15)20-12-14(3)4/h5-11,13,20H,1,3,12,19H2,2,4H3/b17-7+,18-6+,21-13?. The summed E-state index contributed by atoms with van der Waals surface area (Å²) < 4.78 is 0. The molecule has 0 saturated heterocycles. The number of aliphatic imine (C=N–C) groups is 1. The number of hydrogen-bond donors (Lipinski definition) is 2. The van der Waals surface area contributed by atoms with Crippen LogP contribution in [0.1, 0.15) is 19.4 Å². The fourth-order valence-electron chi connectivity index (χ4n) is 1.61. The van der Waals surface area contributed by atoms with Crippen molar-refractivity contribution in [2.75, 3.05) is 11.9 Å². The summed E-state index contributed by atoms with van der Waals surface area (Å²) in [5.74, 6) is 0. The summed E-state index contributed by atoms with van der Waals surface area (Å²) in [6.45, 7) is 12.2. The molecule has 0 amide bonds. The van der Waals surface area contributed by atoms with Gasteiger partial charge in [0.15, 0.2) is 0 Å². The molecule has 0 radical (unpaired) electrons. The van der Waals surface area contributed by atoms with Crippen molar-refractivity contribution < 1.29 is 0 Å². The number of nitrogens with one attached hydrogen (secondary N) is 1. The predicted octanol–water partition coefficient (Wildman–Crippen LogP) is 4.03. The second-order valence-corrected chi connectivity index (χ2v) is 4.72. The third-order valence-electron chi connectivity index (χ3n) is 2.72. The highest BCUT2D eigenvalue weighted by Gasteiger charge is 1.96. The lowest BCUT2D eigenvalue weighted by Gasteiger charge is -2.06. The van der Waals surface area contributed by atoms with E-state index in [2.05, 4.69) is 23.5 Å². The molecule has 0 heterocycles. The number of anilines is 1. The highest BCUT2D eigenvalue weighted by Crippen LogP contribution is 2.10. The summed E-state index contributed by atoms with van der Waals surface area (Å²) in [4.78, 5) is 4.40. The van der Waals surface area contributed by atoms with Gasteiger partial charge in [-0.05, 0) is 37.6 Å². The molecule has 0 fully saturated rings. The molecule has 110 valence electrons. The zero-order valence-electron chi connectivity index (χ0n) is 12.8. The molecule has 3 heteroatoms. The summed E-state index contributed by atoms with van der Waals surface area (Å²) >= 11 is 0. The van der Waals surface area contributed by atoms with Crippen LogP contribution in [0.4, 0.5) is 5.69 Å². The van der Waals surface area contributed by atoms with Crippen molar-refractivity contribution >= 4 is 11.9 Å². The highest BCUT2D eigenvalue weighted by molar-refractivity contribution is 5.81. The van der Waals surface area contributed by atoms with E-state index in [0.717, 1.165) is 29.1 Å². The van der Waals surface area contributed by atoms with Crippen molar-refractivity contribution in [1.82, 2.24) is 0 Å². The third kappa shape index (κ3) is 5.95. The second-order valence-electron chi connectivity index (χ2n) is 4.72. The Labute approximate surface area is 127 Å². The minimum atomic E-state index is 0.600. The Kier molecular flexibility index (Phi) is 6.75. The van der Waals surface area contributed by atoms with Crippen LogP contribution in [0.5, 0.6) is 0 Å². The summed E-state index contributed by atoms with van der Waals surface area (Å²) in [6.07, 6.45) is 7.05. The van der Waals surface area contributed by atoms with Gasteiger partial charge in [0, 0.05) is 18.4 Å². The molecule has 1 aromatic rings. The Morgan fingerprint density at radius 2 is 2.00 bits per heavy atom. The lowest BCUT2D eigenvalue weighted by Crippen LogP contribution is -2.01. The van der Waals surface area contributed by atoms with E-state index in [1.165, 1.54) is 0 Å². The number of allylic oxidation sites excluding steroid dienone is 3. The van der Waals surface area contributed by atoms with Crippen molar-refractivity contribution in [2.24, 2.45) is 10.7 Å². The summed E-state index contributed by atoms with van der Waals surface area (Å²) in [6, 6.07) is 8.04. The highest BCUT2D eigenvalue weighted by atomic mass is 14.9. The topological polar surface area (TPSA) is 50.4 Å². The summed E-state index contributed by atoms with van der Waals surface area (Å²) in [5.41, 5.74) is 10.4. The molecule has 0 aromatic heterocycles. The maximum atomic E-state index is 5.88. The van der Waals surface area contributed by atoms with Crippen molar-refractivity contribution in [3.63, 3.8) is 0 Å². The molecule has 3 nitrogen and oxygen atoms in total. The van der Waals surface area contributed by atoms with Gasteiger partial charge in [-0.15, -0.1) is 0 Å². The first-order valence-corrected chi connectivity index (χ1v) is 6.84. The van der Waals surface area contributed by atoms with Crippen molar-refractivity contribution in [3.8, 4) is 0 Å². The Bertz CT molecular complexity index is 575. The second kappa shape index (κ2) is 8.59. The Balaban J connectivity index is 2.74. The van der Waals surface area contributed by atoms with Crippen LogP contribution in [0, 0.1) is 0 Å². The van der Waals surface area contributed by atoms with Gasteiger partial charge < -0.3 is 11.1 Å². The van der Waals surface area contributed by atoms with E-state index in [0.29, 0.717) is 5.70 Å². The molecule has 0 bridgehead atoms. The molecular weight excluding hydrogens is 258 g/mol. The van der Waals surface area contributed by atoms with E-state index in [-0.39, 0.29) is 0 Å². The maximum Gasteiger partial charge on any atom is 0.0816 e. The molecule has 1 rings (SSSR count). The van der Waals surface area contributed by atoms with Crippen molar-refractivity contribution in [3.05, 3.63) is 78.2 Å². The van der Waals surface area contributed by atoms with E-state index in [1.54, 1.807) is 18.4 Å². The van der Waals surface area contributed by atoms with Gasteiger partial charge in [-0.25, -0.2) is 0 Å². The maximum absolute atomic E-state index is 5.88. The largest absolute Gasteiger partial charge is 0.397 e. The smallest absolute Gasteiger partial charge is 0.0816 e. The first-order chi connectivity index (χ1) is 10.1. The molecule has 0 saturated carbocycles. The Hall–Kier alpha value is -2.55. The van der Waals surface area contributed by atoms with Crippen LogP contribution in [-0.2, 0) is 0 Å². The molecule has 0 aliphatic rings. The molecule has 0 unspecified atom stereocenters. The molecule has 21 heavy (non-hydrogen) atoms. The number of nitrogens with two attached hydrogens (primary N) is 1. The first kappa shape index (κ1) is 16.5. The lowest BCUT2D eigenvalue weighted by molar-refractivity contribution is 1.22. The van der Waals surface area contributed by atoms with Gasteiger partial charge >= 0.3 is 0 Å². The Morgan fingerprint density at radius 3 is 2.52 bits per heavy atom. The number of rotatable bonds is 7. The van der Waals surface area contributed by atoms with Gasteiger partial charge in [0.25, 0.3) is 0 Å². The SMILES string of the molecule is C=C/C=C(N)\C(=C/C)N=Cc1ccc(NCC(=C)C)cc1. The normalized spacial score (nSPS) is 12.5. The fourth-order valence-corrected chi connectivity index (χ4v) is 1.61. The van der Waals surface area contributed by atoms with Gasteiger partial charge in [0.05, 0.1) is 11.4 Å². The monoisotopic (exact) mass is 281 g/mol. The zero-order chi connectivity index (χ0) is 15.7. The van der Waals surface area contributed by atoms with Crippen molar-refractivity contribution in [1.29, 1.82) is 0 Å². The average molecular weight is 281 g/mol. The van der Waals surface area contributed by atoms with Crippen LogP contribution >= 0.6 is 0 Å². The quantitative estimate of drug-likeness (QED) is 0.450. The molecule has 0 aliphatic heterocycles. The van der Waals surface area contributed by atoms with Crippen LogP contribution < -0.4 is 11.1 Å². The molecule has 1 aromatic carbocycles. The van der Waals surface area contributed by atoms with Crippen molar-refractivity contribution in [2.45, 2.75) is 13.8 Å². The summed E-state index contributed by atoms with van der Waals surface area (Å²) in [7, 11) is 0.